The van der Waals surface area contributed by atoms with Gasteiger partial charge in [-0.25, -0.2) is 9.67 Å². The molecule has 2 heterocycles. The van der Waals surface area contributed by atoms with Gasteiger partial charge in [0.05, 0.1) is 5.69 Å². The average molecular weight is 253 g/mol. The molecule has 2 aromatic rings. The van der Waals surface area contributed by atoms with Crippen LogP contribution in [0.25, 0.3) is 11.2 Å². The molecule has 6 heteroatoms. The molecule has 2 N–H and O–H groups in total. The molecule has 0 saturated heterocycles. The van der Waals surface area contributed by atoms with Gasteiger partial charge < -0.3 is 5.73 Å². The molecular weight excluding hydrogens is 234 g/mol. The average Bonchev–Trinajstić information content (AvgIpc) is 2.76. The van der Waals surface area contributed by atoms with E-state index in [1.54, 1.807) is 0 Å². The first kappa shape index (κ1) is 12.3. The lowest BCUT2D eigenvalue weighted by Gasteiger charge is -2.15. The molecule has 2 rings (SSSR count). The number of hydrogen-bond acceptors (Lipinski definition) is 4. The van der Waals surface area contributed by atoms with Gasteiger partial charge in [0.15, 0.2) is 5.65 Å². The van der Waals surface area contributed by atoms with Gasteiger partial charge in [-0.1, -0.05) is 0 Å². The first-order valence-corrected chi connectivity index (χ1v) is 7.19. The summed E-state index contributed by atoms with van der Waals surface area (Å²) >= 11 is 1.81. The predicted molar refractivity (Wildman–Crippen MR) is 73.4 cm³/mol. The van der Waals surface area contributed by atoms with Crippen molar-refractivity contribution < 1.29 is 0 Å². The molecule has 0 saturated carbocycles. The van der Waals surface area contributed by atoms with Crippen LogP contribution in [0, 0.1) is 6.92 Å². The van der Waals surface area contributed by atoms with Crippen molar-refractivity contribution in [2.45, 2.75) is 33.4 Å². The van der Waals surface area contributed by atoms with E-state index in [4.69, 9.17) is 5.73 Å². The lowest BCUT2D eigenvalue weighted by Crippen LogP contribution is -2.14. The first-order chi connectivity index (χ1) is 8.10. The third-order valence-corrected chi connectivity index (χ3v) is 3.73. The Bertz CT molecular complexity index is 527. The number of nitrogen functional groups attached to an aromatic ring is 1. The monoisotopic (exact) mass is 253 g/mol. The highest BCUT2D eigenvalue weighted by Crippen LogP contribution is 2.26. The number of aromatic nitrogens is 4. The summed E-state index contributed by atoms with van der Waals surface area (Å²) < 4.78 is 4.07. The van der Waals surface area contributed by atoms with Crippen LogP contribution in [0.5, 0.6) is 0 Å². The molecule has 1 atom stereocenters. The second-order valence-electron chi connectivity index (χ2n) is 4.22. The molecule has 0 bridgehead atoms. The fourth-order valence-electron chi connectivity index (χ4n) is 2.18. The highest BCUT2D eigenvalue weighted by atomic mass is 32.2. The van der Waals surface area contributed by atoms with E-state index >= 15 is 0 Å². The third-order valence-electron chi connectivity index (χ3n) is 2.92. The van der Waals surface area contributed by atoms with E-state index in [1.165, 1.54) is 0 Å². The molecule has 0 aliphatic carbocycles. The van der Waals surface area contributed by atoms with E-state index in [1.807, 2.05) is 23.4 Å². The van der Waals surface area contributed by atoms with Gasteiger partial charge in [-0.05, 0) is 27.0 Å². The van der Waals surface area contributed by atoms with Crippen molar-refractivity contribution in [1.29, 1.82) is 0 Å². The van der Waals surface area contributed by atoms with Crippen LogP contribution in [0.3, 0.4) is 0 Å². The number of aryl methyl sites for hydroxylation is 2. The smallest absolute Gasteiger partial charge is 0.202 e. The molecule has 1 unspecified atom stereocenters. The second-order valence-corrected chi connectivity index (χ2v) is 5.13. The standard InChI is InChI=1S/C11H19N5S/c1-5-15-10-9(8(3)14-15)13-11(12)16(10)7(2)6-17-4/h7H,5-6H2,1-4H3,(H2,12,13). The summed E-state index contributed by atoms with van der Waals surface area (Å²) in [5.74, 6) is 1.60. The zero-order chi connectivity index (χ0) is 12.6. The Morgan fingerprint density at radius 3 is 2.76 bits per heavy atom. The molecule has 0 aromatic carbocycles. The number of nitrogens with zero attached hydrogens (tertiary/aromatic N) is 4. The van der Waals surface area contributed by atoms with Crippen molar-refractivity contribution in [3.8, 4) is 0 Å². The van der Waals surface area contributed by atoms with Gasteiger partial charge in [0.2, 0.25) is 5.95 Å². The molecule has 94 valence electrons. The van der Waals surface area contributed by atoms with Gasteiger partial charge in [-0.2, -0.15) is 16.9 Å². The van der Waals surface area contributed by atoms with Gasteiger partial charge in [0.25, 0.3) is 0 Å². The largest absolute Gasteiger partial charge is 0.369 e. The van der Waals surface area contributed by atoms with Crippen molar-refractivity contribution in [1.82, 2.24) is 19.3 Å². The fourth-order valence-corrected chi connectivity index (χ4v) is 2.81. The number of anilines is 1. The molecule has 17 heavy (non-hydrogen) atoms. The van der Waals surface area contributed by atoms with Gasteiger partial charge in [-0.15, -0.1) is 0 Å². The predicted octanol–water partition coefficient (Wildman–Crippen LogP) is 2.07. The summed E-state index contributed by atoms with van der Waals surface area (Å²) in [6.07, 6.45) is 2.10. The molecule has 5 nitrogen and oxygen atoms in total. The highest BCUT2D eigenvalue weighted by Gasteiger charge is 2.19. The summed E-state index contributed by atoms with van der Waals surface area (Å²) in [5, 5.41) is 4.48. The summed E-state index contributed by atoms with van der Waals surface area (Å²) in [6, 6.07) is 0.330. The fraction of sp³-hybridized carbons (Fsp3) is 0.636. The maximum atomic E-state index is 6.02. The molecule has 2 aromatic heterocycles. The van der Waals surface area contributed by atoms with E-state index in [-0.39, 0.29) is 0 Å². The Balaban J connectivity index is 2.64. The minimum Gasteiger partial charge on any atom is -0.369 e. The van der Waals surface area contributed by atoms with Gasteiger partial charge in [-0.3, -0.25) is 4.57 Å². The molecule has 0 fully saturated rings. The molecule has 0 spiro atoms. The van der Waals surface area contributed by atoms with E-state index in [0.717, 1.165) is 29.2 Å². The first-order valence-electron chi connectivity index (χ1n) is 5.79. The Morgan fingerprint density at radius 2 is 2.18 bits per heavy atom. The van der Waals surface area contributed by atoms with Crippen molar-refractivity contribution in [2.75, 3.05) is 17.7 Å². The van der Waals surface area contributed by atoms with E-state index in [2.05, 4.69) is 34.8 Å². The van der Waals surface area contributed by atoms with Crippen LogP contribution in [0.4, 0.5) is 5.95 Å². The zero-order valence-electron chi connectivity index (χ0n) is 10.8. The van der Waals surface area contributed by atoms with E-state index in [9.17, 15) is 0 Å². The number of rotatable bonds is 4. The van der Waals surface area contributed by atoms with Crippen LogP contribution in [0.2, 0.25) is 0 Å². The topological polar surface area (TPSA) is 61.7 Å². The Labute approximate surface area is 105 Å². The van der Waals surface area contributed by atoms with Crippen molar-refractivity contribution in [3.05, 3.63) is 5.69 Å². The third kappa shape index (κ3) is 1.90. The number of fused-ring (bicyclic) bond motifs is 1. The lowest BCUT2D eigenvalue weighted by atomic mass is 10.3. The Hall–Kier alpha value is -1.17. The molecule has 0 radical (unpaired) electrons. The number of imidazole rings is 1. The summed E-state index contributed by atoms with van der Waals surface area (Å²) in [6.45, 7) is 7.06. The van der Waals surface area contributed by atoms with Crippen LogP contribution in [-0.4, -0.2) is 31.3 Å². The quantitative estimate of drug-likeness (QED) is 0.906. The normalized spacial score (nSPS) is 13.4. The molecule has 0 amide bonds. The molecule has 0 aliphatic heterocycles. The second kappa shape index (κ2) is 4.60. The maximum Gasteiger partial charge on any atom is 0.202 e. The summed E-state index contributed by atoms with van der Waals surface area (Å²) in [5.41, 5.74) is 8.94. The number of hydrogen-bond donors (Lipinski definition) is 1. The van der Waals surface area contributed by atoms with E-state index < -0.39 is 0 Å². The Morgan fingerprint density at radius 1 is 1.47 bits per heavy atom. The zero-order valence-corrected chi connectivity index (χ0v) is 11.6. The SMILES string of the molecule is CCn1nc(C)c2nc(N)n(C(C)CSC)c21. The minimum atomic E-state index is 0.330. The van der Waals surface area contributed by atoms with Crippen LogP contribution in [0.1, 0.15) is 25.6 Å². The van der Waals surface area contributed by atoms with Crippen LogP contribution < -0.4 is 5.73 Å². The van der Waals surface area contributed by atoms with Crippen LogP contribution >= 0.6 is 11.8 Å². The van der Waals surface area contributed by atoms with Crippen molar-refractivity contribution in [2.24, 2.45) is 0 Å². The summed E-state index contributed by atoms with van der Waals surface area (Å²) in [4.78, 5) is 4.43. The van der Waals surface area contributed by atoms with Crippen LogP contribution in [0.15, 0.2) is 0 Å². The van der Waals surface area contributed by atoms with Gasteiger partial charge >= 0.3 is 0 Å². The van der Waals surface area contributed by atoms with Crippen LogP contribution in [-0.2, 0) is 6.54 Å². The Kier molecular flexibility index (Phi) is 3.33. The number of nitrogens with two attached hydrogens (primary N) is 1. The molecule has 0 aliphatic rings. The summed E-state index contributed by atoms with van der Waals surface area (Å²) in [7, 11) is 0. The molecular formula is C11H19N5S. The van der Waals surface area contributed by atoms with Crippen molar-refractivity contribution in [3.63, 3.8) is 0 Å². The van der Waals surface area contributed by atoms with E-state index in [0.29, 0.717) is 12.0 Å². The lowest BCUT2D eigenvalue weighted by molar-refractivity contribution is 0.591. The van der Waals surface area contributed by atoms with Gasteiger partial charge in [0.1, 0.15) is 5.52 Å². The van der Waals surface area contributed by atoms with Gasteiger partial charge in [0, 0.05) is 18.3 Å². The maximum absolute atomic E-state index is 6.02. The highest BCUT2D eigenvalue weighted by molar-refractivity contribution is 7.98. The minimum absolute atomic E-state index is 0.330. The van der Waals surface area contributed by atoms with Crippen molar-refractivity contribution >= 4 is 28.9 Å². The number of thioether (sulfide) groups is 1.